The number of hydrogen-bond acceptors (Lipinski definition) is 8. The van der Waals surface area contributed by atoms with E-state index in [1.165, 1.54) is 0 Å². The van der Waals surface area contributed by atoms with E-state index in [-0.39, 0.29) is 12.0 Å². The molecule has 11 heteroatoms. The van der Waals surface area contributed by atoms with E-state index < -0.39 is 5.76 Å². The molecule has 3 aromatic heterocycles. The molecular weight excluding hydrogens is 580 g/mol. The third-order valence-corrected chi connectivity index (χ3v) is 7.76. The van der Waals surface area contributed by atoms with Crippen molar-refractivity contribution in [1.29, 1.82) is 0 Å². The number of aromatic amines is 1. The summed E-state index contributed by atoms with van der Waals surface area (Å²) in [5.41, 5.74) is 5.45. The summed E-state index contributed by atoms with van der Waals surface area (Å²) in [6.07, 6.45) is 2.12. The van der Waals surface area contributed by atoms with Crippen LogP contribution < -0.4 is 11.3 Å². The lowest BCUT2D eigenvalue weighted by molar-refractivity contribution is 0.379. The quantitative estimate of drug-likeness (QED) is 0.207. The molecule has 10 nitrogen and oxygen atoms in total. The smallest absolute Gasteiger partial charge is 0.339 e. The number of hydrogen-bond donors (Lipinski definition) is 1. The Morgan fingerprint density at radius 2 is 1.61 bits per heavy atom. The second kappa shape index (κ2) is 12.6. The van der Waals surface area contributed by atoms with E-state index in [0.29, 0.717) is 53.2 Å². The molecule has 0 saturated heterocycles. The Labute approximate surface area is 257 Å². The summed E-state index contributed by atoms with van der Waals surface area (Å²) in [4.78, 5) is 37.4. The number of halogens is 1. The molecule has 0 saturated carbocycles. The number of aryl methyl sites for hydroxylation is 2. The van der Waals surface area contributed by atoms with Gasteiger partial charge in [0, 0.05) is 34.7 Å². The molecule has 0 amide bonds. The summed E-state index contributed by atoms with van der Waals surface area (Å²) in [6, 6.07) is 23.1. The summed E-state index contributed by atoms with van der Waals surface area (Å²) in [5, 5.41) is 8.58. The highest BCUT2D eigenvalue weighted by molar-refractivity contribution is 6.31. The first-order valence-electron chi connectivity index (χ1n) is 14.3. The molecule has 44 heavy (non-hydrogen) atoms. The zero-order valence-electron chi connectivity index (χ0n) is 24.2. The van der Waals surface area contributed by atoms with Crippen molar-refractivity contribution in [2.75, 3.05) is 0 Å². The van der Waals surface area contributed by atoms with Crippen molar-refractivity contribution >= 4 is 11.6 Å². The molecule has 0 aliphatic heterocycles. The molecule has 1 N–H and O–H groups in total. The Morgan fingerprint density at radius 1 is 0.864 bits per heavy atom. The van der Waals surface area contributed by atoms with Gasteiger partial charge in [-0.3, -0.25) is 18.9 Å². The average molecular weight is 609 g/mol. The van der Waals surface area contributed by atoms with Crippen LogP contribution in [-0.2, 0) is 25.8 Å². The van der Waals surface area contributed by atoms with Crippen LogP contribution in [0.25, 0.3) is 22.5 Å². The maximum Gasteiger partial charge on any atom is 0.439 e. The number of nitrogens with zero attached hydrogens (tertiary/aromatic N) is 5. The molecule has 222 valence electrons. The lowest BCUT2D eigenvalue weighted by Crippen LogP contribution is -2.30. The minimum atomic E-state index is -0.610. The molecule has 3 heterocycles. The maximum absolute atomic E-state index is 13.9. The minimum absolute atomic E-state index is 0.129. The Hall–Kier alpha value is -5.09. The molecule has 0 aliphatic carbocycles. The highest BCUT2D eigenvalue weighted by atomic mass is 35.5. The molecule has 0 fully saturated rings. The first kappa shape index (κ1) is 29.0. The van der Waals surface area contributed by atoms with E-state index in [0.717, 1.165) is 40.1 Å². The molecule has 0 aliphatic rings. The van der Waals surface area contributed by atoms with Gasteiger partial charge in [0.1, 0.15) is 5.82 Å². The summed E-state index contributed by atoms with van der Waals surface area (Å²) < 4.78 is 12.0. The highest BCUT2D eigenvalue weighted by Crippen LogP contribution is 2.30. The lowest BCUT2D eigenvalue weighted by Gasteiger charge is -2.16. The first-order chi connectivity index (χ1) is 21.4. The molecule has 6 rings (SSSR count). The van der Waals surface area contributed by atoms with Crippen molar-refractivity contribution in [3.63, 3.8) is 0 Å². The van der Waals surface area contributed by atoms with Gasteiger partial charge in [-0.15, -0.1) is 0 Å². The summed E-state index contributed by atoms with van der Waals surface area (Å²) in [5.74, 6) is 1.33. The SMILES string of the molecule is CCCc1nc(C)c(Cc2nc(Cc3ccccc3Cl)no2)c(=O)n1Cc1ccc(-c2ccccc2-c2noc(=O)[nH]2)cc1. The van der Waals surface area contributed by atoms with Crippen LogP contribution in [0, 0.1) is 6.92 Å². The van der Waals surface area contributed by atoms with Crippen LogP contribution in [0.15, 0.2) is 91.4 Å². The number of nitrogens with one attached hydrogen (secondary N) is 1. The topological polar surface area (TPSA) is 133 Å². The maximum atomic E-state index is 13.9. The van der Waals surface area contributed by atoms with Gasteiger partial charge in [-0.05, 0) is 41.7 Å². The van der Waals surface area contributed by atoms with Gasteiger partial charge in [0.15, 0.2) is 11.6 Å². The van der Waals surface area contributed by atoms with Gasteiger partial charge in [0.2, 0.25) is 5.89 Å². The molecule has 0 unspecified atom stereocenters. The predicted molar refractivity (Wildman–Crippen MR) is 166 cm³/mol. The van der Waals surface area contributed by atoms with Crippen molar-refractivity contribution in [3.8, 4) is 22.5 Å². The summed E-state index contributed by atoms with van der Waals surface area (Å²) in [7, 11) is 0. The van der Waals surface area contributed by atoms with Gasteiger partial charge in [-0.1, -0.05) is 95.6 Å². The van der Waals surface area contributed by atoms with Gasteiger partial charge in [0.25, 0.3) is 5.56 Å². The Balaban J connectivity index is 1.27. The predicted octanol–water partition coefficient (Wildman–Crippen LogP) is 5.78. The van der Waals surface area contributed by atoms with Crippen molar-refractivity contribution < 1.29 is 9.05 Å². The zero-order chi connectivity index (χ0) is 30.6. The van der Waals surface area contributed by atoms with Gasteiger partial charge >= 0.3 is 5.76 Å². The van der Waals surface area contributed by atoms with Gasteiger partial charge in [-0.2, -0.15) is 4.98 Å². The minimum Gasteiger partial charge on any atom is -0.339 e. The largest absolute Gasteiger partial charge is 0.439 e. The van der Waals surface area contributed by atoms with E-state index in [1.807, 2.05) is 79.7 Å². The third kappa shape index (κ3) is 6.16. The van der Waals surface area contributed by atoms with Crippen molar-refractivity contribution in [2.24, 2.45) is 0 Å². The number of H-pyrrole nitrogens is 1. The van der Waals surface area contributed by atoms with Gasteiger partial charge in [0.05, 0.1) is 13.0 Å². The van der Waals surface area contributed by atoms with E-state index in [4.69, 9.17) is 25.6 Å². The van der Waals surface area contributed by atoms with E-state index in [9.17, 15) is 9.59 Å². The number of benzene rings is 3. The molecule has 0 spiro atoms. The molecule has 0 radical (unpaired) electrons. The van der Waals surface area contributed by atoms with Crippen molar-refractivity contribution in [3.05, 3.63) is 139 Å². The van der Waals surface area contributed by atoms with Crippen molar-refractivity contribution in [2.45, 2.75) is 46.1 Å². The zero-order valence-corrected chi connectivity index (χ0v) is 25.0. The summed E-state index contributed by atoms with van der Waals surface area (Å²) in [6.45, 7) is 4.26. The first-order valence-corrected chi connectivity index (χ1v) is 14.7. The van der Waals surface area contributed by atoms with Crippen molar-refractivity contribution in [1.82, 2.24) is 29.8 Å². The lowest BCUT2D eigenvalue weighted by atomic mass is 9.98. The van der Waals surface area contributed by atoms with Gasteiger partial charge < -0.3 is 4.52 Å². The number of aromatic nitrogens is 6. The molecule has 0 atom stereocenters. The van der Waals surface area contributed by atoms with Crippen LogP contribution in [0.3, 0.4) is 0 Å². The van der Waals surface area contributed by atoms with Crippen LogP contribution in [0.4, 0.5) is 0 Å². The van der Waals surface area contributed by atoms with Crippen LogP contribution in [0.5, 0.6) is 0 Å². The molecule has 0 bridgehead atoms. The van der Waals surface area contributed by atoms with Crippen LogP contribution in [0.1, 0.15) is 53.3 Å². The molecule has 3 aromatic carbocycles. The fourth-order valence-electron chi connectivity index (χ4n) is 5.19. The Bertz CT molecular complexity index is 2040. The molecule has 6 aromatic rings. The molecular formula is C33H29ClN6O4. The standard InChI is InChI=1S/C33H29ClN6O4/c1-3-8-29-35-20(2)26(18-30-36-28(38-43-30)17-23-9-4-7-12-27(23)34)32(41)40(29)19-21-13-15-22(16-14-21)24-10-5-6-11-25(24)31-37-33(42)44-39-31/h4-7,9-16H,3,8,17-19H2,1-2H3,(H,37,39,42). The third-order valence-electron chi connectivity index (χ3n) is 7.39. The monoisotopic (exact) mass is 608 g/mol. The second-order valence-electron chi connectivity index (χ2n) is 10.5. The normalized spacial score (nSPS) is 11.2. The highest BCUT2D eigenvalue weighted by Gasteiger charge is 2.19. The van der Waals surface area contributed by atoms with Crippen LogP contribution in [-0.4, -0.2) is 29.8 Å². The van der Waals surface area contributed by atoms with E-state index >= 15 is 0 Å². The fourth-order valence-corrected chi connectivity index (χ4v) is 5.40. The Kier molecular flexibility index (Phi) is 8.33. The number of rotatable bonds is 10. The van der Waals surface area contributed by atoms with E-state index in [1.54, 1.807) is 4.57 Å². The second-order valence-corrected chi connectivity index (χ2v) is 10.9. The van der Waals surface area contributed by atoms with Crippen LogP contribution >= 0.6 is 11.6 Å². The fraction of sp³-hybridized carbons (Fsp3) is 0.212. The van der Waals surface area contributed by atoms with E-state index in [2.05, 4.69) is 27.2 Å². The van der Waals surface area contributed by atoms with Gasteiger partial charge in [-0.25, -0.2) is 9.78 Å². The Morgan fingerprint density at radius 3 is 2.34 bits per heavy atom. The summed E-state index contributed by atoms with van der Waals surface area (Å²) >= 11 is 6.29. The average Bonchev–Trinajstić information content (AvgIpc) is 3.67. The van der Waals surface area contributed by atoms with Crippen LogP contribution in [0.2, 0.25) is 5.02 Å².